The molecule has 0 spiro atoms. The van der Waals surface area contributed by atoms with Gasteiger partial charge in [-0.1, -0.05) is 11.8 Å². The minimum atomic E-state index is -0.338. The maximum Gasteiger partial charge on any atom is 0.236 e. The van der Waals surface area contributed by atoms with Crippen molar-refractivity contribution in [2.75, 3.05) is 11.1 Å². The van der Waals surface area contributed by atoms with Crippen molar-refractivity contribution in [1.82, 2.24) is 19.7 Å². The van der Waals surface area contributed by atoms with E-state index < -0.39 is 0 Å². The minimum absolute atomic E-state index is 0.128. The summed E-state index contributed by atoms with van der Waals surface area (Å²) in [4.78, 5) is 16.2. The Kier molecular flexibility index (Phi) is 5.22. The number of halogens is 1. The van der Waals surface area contributed by atoms with Gasteiger partial charge in [-0.15, -0.1) is 21.5 Å². The molecule has 0 bridgehead atoms. The first kappa shape index (κ1) is 18.4. The van der Waals surface area contributed by atoms with Gasteiger partial charge in [0.15, 0.2) is 16.1 Å². The molecule has 4 aromatic rings. The van der Waals surface area contributed by atoms with E-state index in [4.69, 9.17) is 4.42 Å². The van der Waals surface area contributed by atoms with Gasteiger partial charge in [0, 0.05) is 17.3 Å². The number of aromatic nitrogens is 4. The van der Waals surface area contributed by atoms with Crippen LogP contribution in [-0.4, -0.2) is 31.4 Å². The third-order valence-electron chi connectivity index (χ3n) is 3.83. The number of nitrogens with zero attached hydrogens (tertiary/aromatic N) is 4. The van der Waals surface area contributed by atoms with E-state index in [1.807, 2.05) is 6.92 Å². The Morgan fingerprint density at radius 1 is 1.29 bits per heavy atom. The lowest BCUT2D eigenvalue weighted by molar-refractivity contribution is -0.113. The molecule has 4 rings (SSSR count). The summed E-state index contributed by atoms with van der Waals surface area (Å²) < 4.78 is 20.5. The number of carbonyl (C=O) groups is 1. The van der Waals surface area contributed by atoms with Crippen LogP contribution in [-0.2, 0) is 4.79 Å². The number of rotatable bonds is 6. The first-order chi connectivity index (χ1) is 13.6. The van der Waals surface area contributed by atoms with Gasteiger partial charge in [-0.2, -0.15) is 0 Å². The van der Waals surface area contributed by atoms with Crippen molar-refractivity contribution in [2.45, 2.75) is 12.1 Å². The zero-order valence-electron chi connectivity index (χ0n) is 14.6. The quantitative estimate of drug-likeness (QED) is 0.476. The Morgan fingerprint density at radius 2 is 2.11 bits per heavy atom. The first-order valence-corrected chi connectivity index (χ1v) is 10.1. The van der Waals surface area contributed by atoms with E-state index in [-0.39, 0.29) is 17.5 Å². The van der Waals surface area contributed by atoms with Crippen LogP contribution in [0, 0.1) is 12.7 Å². The van der Waals surface area contributed by atoms with Crippen LogP contribution in [0.1, 0.15) is 5.76 Å². The first-order valence-electron chi connectivity index (χ1n) is 8.20. The molecule has 0 aliphatic rings. The molecule has 0 aliphatic carbocycles. The molecule has 0 saturated heterocycles. The highest BCUT2D eigenvalue weighted by Gasteiger charge is 2.20. The summed E-state index contributed by atoms with van der Waals surface area (Å²) in [5.41, 5.74) is 1.46. The molecule has 1 aromatic carbocycles. The molecule has 10 heteroatoms. The molecule has 7 nitrogen and oxygen atoms in total. The van der Waals surface area contributed by atoms with Gasteiger partial charge in [0.1, 0.15) is 11.6 Å². The number of anilines is 1. The number of hydrogen-bond donors (Lipinski definition) is 1. The fraction of sp³-hybridized carbons (Fsp3) is 0.111. The molecule has 28 heavy (non-hydrogen) atoms. The Bertz CT molecular complexity index is 1090. The van der Waals surface area contributed by atoms with Crippen molar-refractivity contribution in [3.63, 3.8) is 0 Å². The number of carbonyl (C=O) groups excluding carboxylic acids is 1. The predicted octanol–water partition coefficient (Wildman–Crippen LogP) is 4.16. The molecule has 0 aliphatic heterocycles. The van der Waals surface area contributed by atoms with Crippen LogP contribution in [0.5, 0.6) is 0 Å². The molecule has 0 saturated carbocycles. The van der Waals surface area contributed by atoms with Gasteiger partial charge >= 0.3 is 0 Å². The van der Waals surface area contributed by atoms with Crippen molar-refractivity contribution >= 4 is 34.1 Å². The molecule has 1 amide bonds. The largest absolute Gasteiger partial charge is 0.469 e. The highest BCUT2D eigenvalue weighted by atomic mass is 32.2. The van der Waals surface area contributed by atoms with E-state index in [9.17, 15) is 9.18 Å². The van der Waals surface area contributed by atoms with Crippen LogP contribution in [0.3, 0.4) is 0 Å². The number of thiazole rings is 1. The van der Waals surface area contributed by atoms with Crippen molar-refractivity contribution in [3.05, 3.63) is 59.7 Å². The second-order valence-corrected chi connectivity index (χ2v) is 7.52. The van der Waals surface area contributed by atoms with Gasteiger partial charge in [-0.25, -0.2) is 9.37 Å². The van der Waals surface area contributed by atoms with Crippen molar-refractivity contribution < 1.29 is 13.6 Å². The van der Waals surface area contributed by atoms with Crippen LogP contribution in [0.2, 0.25) is 0 Å². The van der Waals surface area contributed by atoms with Crippen LogP contribution in [0.25, 0.3) is 17.1 Å². The molecule has 0 fully saturated rings. The van der Waals surface area contributed by atoms with E-state index in [0.717, 1.165) is 5.56 Å². The Morgan fingerprint density at radius 3 is 2.79 bits per heavy atom. The normalized spacial score (nSPS) is 10.9. The standard InChI is InChI=1S/C18H14FN5O2S2/c1-11-14(6-8-26-11)16-22-23-18(24(16)13-4-2-12(19)3-5-13)28-10-15(25)21-17-20-7-9-27-17/h2-9H,10H2,1H3,(H,20,21,25). The fourth-order valence-electron chi connectivity index (χ4n) is 2.55. The number of furan rings is 1. The highest BCUT2D eigenvalue weighted by Crippen LogP contribution is 2.30. The molecule has 142 valence electrons. The summed E-state index contributed by atoms with van der Waals surface area (Å²) in [5.74, 6) is 0.836. The summed E-state index contributed by atoms with van der Waals surface area (Å²) in [5, 5.41) is 14.1. The second-order valence-electron chi connectivity index (χ2n) is 5.68. The molecule has 1 N–H and O–H groups in total. The topological polar surface area (TPSA) is 85.8 Å². The van der Waals surface area contributed by atoms with Gasteiger partial charge < -0.3 is 9.73 Å². The van der Waals surface area contributed by atoms with Crippen LogP contribution in [0.4, 0.5) is 9.52 Å². The lowest BCUT2D eigenvalue weighted by Gasteiger charge is -2.10. The molecular weight excluding hydrogens is 401 g/mol. The number of amides is 1. The lowest BCUT2D eigenvalue weighted by atomic mass is 10.2. The van der Waals surface area contributed by atoms with Crippen LogP contribution >= 0.6 is 23.1 Å². The van der Waals surface area contributed by atoms with Crippen molar-refractivity contribution in [3.8, 4) is 17.1 Å². The summed E-state index contributed by atoms with van der Waals surface area (Å²) in [6, 6.07) is 7.80. The van der Waals surface area contributed by atoms with E-state index in [2.05, 4.69) is 20.5 Å². The Hall–Kier alpha value is -2.98. The highest BCUT2D eigenvalue weighted by molar-refractivity contribution is 7.99. The molecule has 0 unspecified atom stereocenters. The molecular formula is C18H14FN5O2S2. The summed E-state index contributed by atoms with van der Waals surface area (Å²) >= 11 is 2.58. The summed E-state index contributed by atoms with van der Waals surface area (Å²) in [6.07, 6.45) is 3.20. The van der Waals surface area contributed by atoms with Gasteiger partial charge in [-0.3, -0.25) is 9.36 Å². The van der Waals surface area contributed by atoms with E-state index in [1.165, 1.54) is 35.2 Å². The monoisotopic (exact) mass is 415 g/mol. The molecule has 0 atom stereocenters. The lowest BCUT2D eigenvalue weighted by Crippen LogP contribution is -2.14. The molecule has 0 radical (unpaired) electrons. The third-order valence-corrected chi connectivity index (χ3v) is 5.45. The fourth-order valence-corrected chi connectivity index (χ4v) is 3.85. The average molecular weight is 415 g/mol. The second kappa shape index (κ2) is 7.95. The maximum atomic E-state index is 13.4. The number of thioether (sulfide) groups is 1. The van der Waals surface area contributed by atoms with E-state index >= 15 is 0 Å². The number of benzene rings is 1. The maximum absolute atomic E-state index is 13.4. The summed E-state index contributed by atoms with van der Waals surface area (Å²) in [6.45, 7) is 1.83. The minimum Gasteiger partial charge on any atom is -0.469 e. The van der Waals surface area contributed by atoms with E-state index in [1.54, 1.807) is 40.6 Å². The van der Waals surface area contributed by atoms with Crippen molar-refractivity contribution in [1.29, 1.82) is 0 Å². The van der Waals surface area contributed by atoms with Crippen LogP contribution in [0.15, 0.2) is 57.7 Å². The SMILES string of the molecule is Cc1occc1-c1nnc(SCC(=O)Nc2nccs2)n1-c1ccc(F)cc1. The number of nitrogens with one attached hydrogen (secondary N) is 1. The van der Waals surface area contributed by atoms with E-state index in [0.29, 0.717) is 27.6 Å². The van der Waals surface area contributed by atoms with Gasteiger partial charge in [0.25, 0.3) is 0 Å². The smallest absolute Gasteiger partial charge is 0.236 e. The van der Waals surface area contributed by atoms with Crippen molar-refractivity contribution in [2.24, 2.45) is 0 Å². The number of aryl methyl sites for hydroxylation is 1. The molecule has 3 heterocycles. The van der Waals surface area contributed by atoms with Crippen LogP contribution < -0.4 is 5.32 Å². The van der Waals surface area contributed by atoms with Gasteiger partial charge in [0.05, 0.1) is 17.6 Å². The molecule has 3 aromatic heterocycles. The Labute approximate surface area is 167 Å². The zero-order valence-corrected chi connectivity index (χ0v) is 16.3. The summed E-state index contributed by atoms with van der Waals surface area (Å²) in [7, 11) is 0. The Balaban J connectivity index is 1.63. The predicted molar refractivity (Wildman–Crippen MR) is 105 cm³/mol. The van der Waals surface area contributed by atoms with Gasteiger partial charge in [0.2, 0.25) is 5.91 Å². The van der Waals surface area contributed by atoms with Gasteiger partial charge in [-0.05, 0) is 37.3 Å². The number of hydrogen-bond acceptors (Lipinski definition) is 7. The third kappa shape index (κ3) is 3.82. The zero-order chi connectivity index (χ0) is 19.5. The average Bonchev–Trinajstić information content (AvgIpc) is 3.42.